The fraction of sp³-hybridized carbons (Fsp3) is 0.400. The molecule has 0 aliphatic heterocycles. The van der Waals surface area contributed by atoms with Crippen molar-refractivity contribution in [1.82, 2.24) is 10.3 Å². The van der Waals surface area contributed by atoms with E-state index in [2.05, 4.69) is 15.0 Å². The smallest absolute Gasteiger partial charge is 0.307 e. The van der Waals surface area contributed by atoms with E-state index in [9.17, 15) is 9.59 Å². The molecule has 5 nitrogen and oxygen atoms in total. The van der Waals surface area contributed by atoms with Crippen molar-refractivity contribution in [2.24, 2.45) is 0 Å². The van der Waals surface area contributed by atoms with E-state index in [1.165, 1.54) is 13.2 Å². The number of halogens is 2. The maximum absolute atomic E-state index is 11.7. The maximum Gasteiger partial charge on any atom is 0.307 e. The highest BCUT2D eigenvalue weighted by molar-refractivity contribution is 6.41. The highest BCUT2D eigenvalue weighted by Gasteiger charge is 2.16. The topological polar surface area (TPSA) is 71.2 Å². The molecule has 0 fully saturated rings. The third-order valence-corrected chi connectivity index (χ3v) is 2.74. The second-order valence-electron chi connectivity index (χ2n) is 3.50. The number of hydrogen-bond acceptors (Lipinski definition) is 3. The second kappa shape index (κ2) is 5.93. The lowest BCUT2D eigenvalue weighted by atomic mass is 10.2. The van der Waals surface area contributed by atoms with Crippen LogP contribution in [0.5, 0.6) is 0 Å². The molecule has 0 bridgehead atoms. The number of carbonyl (C=O) groups is 2. The molecule has 1 aromatic heterocycles. The van der Waals surface area contributed by atoms with Crippen molar-refractivity contribution >= 4 is 35.1 Å². The number of aromatic nitrogens is 1. The highest BCUT2D eigenvalue weighted by atomic mass is 35.5. The number of aromatic amines is 1. The summed E-state index contributed by atoms with van der Waals surface area (Å²) >= 11 is 11.4. The molecule has 0 aliphatic carbocycles. The number of carbonyl (C=O) groups excluding carboxylic acids is 2. The van der Waals surface area contributed by atoms with Crippen LogP contribution in [-0.4, -0.2) is 30.0 Å². The monoisotopic (exact) mass is 278 g/mol. The molecule has 17 heavy (non-hydrogen) atoms. The number of nitrogens with one attached hydrogen (secondary N) is 2. The van der Waals surface area contributed by atoms with Gasteiger partial charge in [0, 0.05) is 6.04 Å². The van der Waals surface area contributed by atoms with E-state index in [4.69, 9.17) is 23.2 Å². The molecule has 0 saturated carbocycles. The van der Waals surface area contributed by atoms with Gasteiger partial charge in [-0.05, 0) is 13.0 Å². The quantitative estimate of drug-likeness (QED) is 0.828. The molecule has 0 saturated heterocycles. The second-order valence-corrected chi connectivity index (χ2v) is 4.28. The molecule has 0 aliphatic rings. The summed E-state index contributed by atoms with van der Waals surface area (Å²) in [6.07, 6.45) is 0.102. The Balaban J connectivity index is 2.57. The first-order valence-corrected chi connectivity index (χ1v) is 5.61. The molecule has 0 radical (unpaired) electrons. The molecule has 0 spiro atoms. The standard InChI is InChI=1S/C10H12Cl2N2O3/c1-5(3-8(15)17-2)13-10(16)7-4-6(11)9(12)14-7/h4-5,14H,3H2,1-2H3,(H,13,16). The molecule has 1 unspecified atom stereocenters. The van der Waals surface area contributed by atoms with E-state index in [1.807, 2.05) is 0 Å². The Labute approximate surface area is 108 Å². The van der Waals surface area contributed by atoms with Gasteiger partial charge in [-0.1, -0.05) is 23.2 Å². The van der Waals surface area contributed by atoms with Gasteiger partial charge < -0.3 is 15.0 Å². The van der Waals surface area contributed by atoms with Crippen molar-refractivity contribution in [2.75, 3.05) is 7.11 Å². The van der Waals surface area contributed by atoms with E-state index < -0.39 is 0 Å². The van der Waals surface area contributed by atoms with Gasteiger partial charge in [0.25, 0.3) is 5.91 Å². The third-order valence-electron chi connectivity index (χ3n) is 2.05. The number of H-pyrrole nitrogens is 1. The summed E-state index contributed by atoms with van der Waals surface area (Å²) in [4.78, 5) is 25.3. The van der Waals surface area contributed by atoms with Crippen LogP contribution >= 0.6 is 23.2 Å². The van der Waals surface area contributed by atoms with Crippen molar-refractivity contribution in [3.05, 3.63) is 21.9 Å². The number of esters is 1. The van der Waals surface area contributed by atoms with Gasteiger partial charge in [-0.15, -0.1) is 0 Å². The van der Waals surface area contributed by atoms with Crippen LogP contribution in [0.25, 0.3) is 0 Å². The summed E-state index contributed by atoms with van der Waals surface area (Å²) in [5, 5.41) is 3.10. The maximum atomic E-state index is 11.7. The molecule has 2 N–H and O–H groups in total. The van der Waals surface area contributed by atoms with Crippen molar-refractivity contribution in [3.63, 3.8) is 0 Å². The van der Waals surface area contributed by atoms with Crippen LogP contribution in [0.15, 0.2) is 6.07 Å². The van der Waals surface area contributed by atoms with E-state index in [-0.39, 0.29) is 40.2 Å². The molecule has 1 rings (SSSR count). The third kappa shape index (κ3) is 3.94. The molecule has 0 aromatic carbocycles. The van der Waals surface area contributed by atoms with Gasteiger partial charge in [0.2, 0.25) is 0 Å². The predicted octanol–water partition coefficient (Wildman–Crippen LogP) is 2.00. The average molecular weight is 279 g/mol. The van der Waals surface area contributed by atoms with Crippen LogP contribution < -0.4 is 5.32 Å². The lowest BCUT2D eigenvalue weighted by Crippen LogP contribution is -2.34. The van der Waals surface area contributed by atoms with Crippen molar-refractivity contribution < 1.29 is 14.3 Å². The van der Waals surface area contributed by atoms with Gasteiger partial charge >= 0.3 is 5.97 Å². The minimum atomic E-state index is -0.389. The van der Waals surface area contributed by atoms with Crippen molar-refractivity contribution in [3.8, 4) is 0 Å². The van der Waals surface area contributed by atoms with Gasteiger partial charge in [-0.25, -0.2) is 0 Å². The lowest BCUT2D eigenvalue weighted by molar-refractivity contribution is -0.141. The zero-order valence-corrected chi connectivity index (χ0v) is 10.9. The van der Waals surface area contributed by atoms with Crippen LogP contribution in [0.2, 0.25) is 10.2 Å². The fourth-order valence-electron chi connectivity index (χ4n) is 1.21. The molecule has 1 heterocycles. The molecular formula is C10H12Cl2N2O3. The molecular weight excluding hydrogens is 267 g/mol. The predicted molar refractivity (Wildman–Crippen MR) is 64.4 cm³/mol. The van der Waals surface area contributed by atoms with Gasteiger partial charge in [-0.2, -0.15) is 0 Å². The molecule has 1 aromatic rings. The van der Waals surface area contributed by atoms with Crippen LogP contribution in [0, 0.1) is 0 Å². The Morgan fingerprint density at radius 3 is 2.65 bits per heavy atom. The minimum Gasteiger partial charge on any atom is -0.469 e. The summed E-state index contributed by atoms with van der Waals surface area (Å²) < 4.78 is 4.49. The van der Waals surface area contributed by atoms with E-state index in [0.29, 0.717) is 0 Å². The molecule has 1 amide bonds. The highest BCUT2D eigenvalue weighted by Crippen LogP contribution is 2.21. The van der Waals surface area contributed by atoms with Crippen LogP contribution in [0.4, 0.5) is 0 Å². The number of amides is 1. The number of hydrogen-bond donors (Lipinski definition) is 2. The first-order valence-electron chi connectivity index (χ1n) is 4.85. The van der Waals surface area contributed by atoms with Crippen LogP contribution in [0.3, 0.4) is 0 Å². The summed E-state index contributed by atoms with van der Waals surface area (Å²) in [5.74, 6) is -0.768. The first kappa shape index (κ1) is 13.9. The van der Waals surface area contributed by atoms with Crippen LogP contribution in [0.1, 0.15) is 23.8 Å². The molecule has 7 heteroatoms. The van der Waals surface area contributed by atoms with Gasteiger partial charge in [0.1, 0.15) is 10.8 Å². The summed E-state index contributed by atoms with van der Waals surface area (Å²) in [6.45, 7) is 1.70. The summed E-state index contributed by atoms with van der Waals surface area (Å²) in [5.41, 5.74) is 0.247. The van der Waals surface area contributed by atoms with Crippen molar-refractivity contribution in [1.29, 1.82) is 0 Å². The Morgan fingerprint density at radius 1 is 1.53 bits per heavy atom. The van der Waals surface area contributed by atoms with Gasteiger partial charge in [0.15, 0.2) is 0 Å². The summed E-state index contributed by atoms with van der Waals surface area (Å²) in [7, 11) is 1.29. The van der Waals surface area contributed by atoms with E-state index >= 15 is 0 Å². The largest absolute Gasteiger partial charge is 0.469 e. The Kier molecular flexibility index (Phi) is 4.84. The van der Waals surface area contributed by atoms with Crippen molar-refractivity contribution in [2.45, 2.75) is 19.4 Å². The van der Waals surface area contributed by atoms with Gasteiger partial charge in [-0.3, -0.25) is 9.59 Å². The Bertz CT molecular complexity index is 412. The lowest BCUT2D eigenvalue weighted by Gasteiger charge is -2.11. The Morgan fingerprint density at radius 2 is 2.18 bits per heavy atom. The van der Waals surface area contributed by atoms with E-state index in [1.54, 1.807) is 6.92 Å². The van der Waals surface area contributed by atoms with E-state index in [0.717, 1.165) is 0 Å². The van der Waals surface area contributed by atoms with Crippen LogP contribution in [-0.2, 0) is 9.53 Å². The zero-order chi connectivity index (χ0) is 13.0. The zero-order valence-electron chi connectivity index (χ0n) is 9.34. The Hall–Kier alpha value is -1.20. The molecule has 1 atom stereocenters. The fourth-order valence-corrected chi connectivity index (χ4v) is 1.53. The summed E-state index contributed by atoms with van der Waals surface area (Å²) in [6, 6.07) is 1.08. The normalized spacial score (nSPS) is 12.0. The number of rotatable bonds is 4. The van der Waals surface area contributed by atoms with Gasteiger partial charge in [0.05, 0.1) is 18.6 Å². The SMILES string of the molecule is COC(=O)CC(C)NC(=O)c1cc(Cl)c(Cl)[nH]1. The molecule has 94 valence electrons. The average Bonchev–Trinajstić information content (AvgIpc) is 2.59. The first-order chi connectivity index (χ1) is 7.93. The number of methoxy groups -OCH3 is 1. The number of ether oxygens (including phenoxy) is 1. The minimum absolute atomic E-state index is 0.102.